The van der Waals surface area contributed by atoms with Crippen molar-refractivity contribution in [2.45, 2.75) is 38.6 Å². The molecule has 1 aliphatic heterocycles. The third-order valence-electron chi connectivity index (χ3n) is 6.59. The van der Waals surface area contributed by atoms with Crippen molar-refractivity contribution in [3.63, 3.8) is 0 Å². The van der Waals surface area contributed by atoms with E-state index in [2.05, 4.69) is 10.6 Å². The predicted octanol–water partition coefficient (Wildman–Crippen LogP) is 2.84. The van der Waals surface area contributed by atoms with Crippen LogP contribution in [0.4, 0.5) is 5.69 Å². The highest BCUT2D eigenvalue weighted by atomic mass is 35.5. The molecule has 5 atom stereocenters. The van der Waals surface area contributed by atoms with E-state index in [0.717, 1.165) is 12.8 Å². The molecule has 3 N–H and O–H groups in total. The van der Waals surface area contributed by atoms with Crippen LogP contribution in [0.2, 0.25) is 5.02 Å². The maximum atomic E-state index is 13.6. The summed E-state index contributed by atoms with van der Waals surface area (Å²) >= 11 is 6.23. The number of likely N-dealkylation sites (tertiary alicyclic amines) is 1. The minimum absolute atomic E-state index is 0.0539. The van der Waals surface area contributed by atoms with Gasteiger partial charge in [0.25, 0.3) is 0 Å². The number of allylic oxidation sites excluding steroid dienone is 1. The van der Waals surface area contributed by atoms with Crippen LogP contribution in [-0.4, -0.2) is 54.0 Å². The van der Waals surface area contributed by atoms with E-state index in [1.165, 1.54) is 0 Å². The third kappa shape index (κ3) is 4.84. The van der Waals surface area contributed by atoms with E-state index in [0.29, 0.717) is 30.1 Å². The van der Waals surface area contributed by atoms with E-state index in [4.69, 9.17) is 16.7 Å². The summed E-state index contributed by atoms with van der Waals surface area (Å²) in [7, 11) is 1.58. The van der Waals surface area contributed by atoms with Crippen LogP contribution in [0.25, 0.3) is 0 Å². The molecule has 0 spiro atoms. The fourth-order valence-corrected chi connectivity index (χ4v) is 5.18. The van der Waals surface area contributed by atoms with Gasteiger partial charge in [-0.3, -0.25) is 14.4 Å². The Kier molecular flexibility index (Phi) is 8.32. The van der Waals surface area contributed by atoms with Crippen LogP contribution in [0.1, 0.15) is 32.6 Å². The number of rotatable bonds is 9. The van der Waals surface area contributed by atoms with Gasteiger partial charge in [0.05, 0.1) is 22.5 Å². The molecule has 0 aromatic heterocycles. The number of benzene rings is 1. The lowest BCUT2D eigenvalue weighted by atomic mass is 9.69. The molecule has 3 amide bonds. The van der Waals surface area contributed by atoms with Gasteiger partial charge < -0.3 is 20.6 Å². The third-order valence-corrected chi connectivity index (χ3v) is 6.92. The molecule has 2 aliphatic rings. The number of nitrogens with one attached hydrogen (secondary N) is 2. The van der Waals surface area contributed by atoms with Crippen molar-refractivity contribution in [3.05, 3.63) is 41.4 Å². The average molecular weight is 462 g/mol. The van der Waals surface area contributed by atoms with E-state index in [1.54, 1.807) is 36.2 Å². The summed E-state index contributed by atoms with van der Waals surface area (Å²) in [4.78, 5) is 41.4. The van der Waals surface area contributed by atoms with Crippen molar-refractivity contribution >= 4 is 35.0 Å². The maximum absolute atomic E-state index is 13.6. The second-order valence-electron chi connectivity index (χ2n) is 8.43. The van der Waals surface area contributed by atoms with Gasteiger partial charge in [0.15, 0.2) is 0 Å². The number of carbonyl (C=O) groups is 3. The Morgan fingerprint density at radius 3 is 2.53 bits per heavy atom. The predicted molar refractivity (Wildman–Crippen MR) is 124 cm³/mol. The summed E-state index contributed by atoms with van der Waals surface area (Å²) < 4.78 is 0. The largest absolute Gasteiger partial charge is 0.396 e. The summed E-state index contributed by atoms with van der Waals surface area (Å²) in [5, 5.41) is 15.1. The Morgan fingerprint density at radius 1 is 1.12 bits per heavy atom. The average Bonchev–Trinajstić information content (AvgIpc) is 3.08. The van der Waals surface area contributed by atoms with E-state index in [-0.39, 0.29) is 30.2 Å². The number of halogens is 1. The molecule has 1 saturated heterocycles. The van der Waals surface area contributed by atoms with E-state index >= 15 is 0 Å². The molecule has 0 bridgehead atoms. The van der Waals surface area contributed by atoms with Crippen LogP contribution < -0.4 is 10.6 Å². The summed E-state index contributed by atoms with van der Waals surface area (Å²) in [5.74, 6) is -2.17. The molecule has 1 aliphatic carbocycles. The number of anilines is 1. The SMILES string of the molecule is CC[C@@H]1C=C[C@H]2[C@H](C(=O)N(CCCCCO)[C@@H]2C(=O)Nc2ccccc2Cl)[C@@H]1C(=O)NC. The topological polar surface area (TPSA) is 98.7 Å². The lowest BCUT2D eigenvalue weighted by Gasteiger charge is -2.33. The van der Waals surface area contributed by atoms with Gasteiger partial charge in [0.2, 0.25) is 17.7 Å². The van der Waals surface area contributed by atoms with Crippen LogP contribution >= 0.6 is 11.6 Å². The van der Waals surface area contributed by atoms with Crippen LogP contribution in [-0.2, 0) is 14.4 Å². The second kappa shape index (κ2) is 11.0. The molecule has 1 aromatic rings. The first-order valence-electron chi connectivity index (χ1n) is 11.3. The van der Waals surface area contributed by atoms with Gasteiger partial charge >= 0.3 is 0 Å². The minimum atomic E-state index is -0.723. The number of aliphatic hydroxyl groups is 1. The van der Waals surface area contributed by atoms with Gasteiger partial charge in [-0.15, -0.1) is 0 Å². The molecule has 0 radical (unpaired) electrons. The lowest BCUT2D eigenvalue weighted by molar-refractivity contribution is -0.140. The highest BCUT2D eigenvalue weighted by Crippen LogP contribution is 2.45. The van der Waals surface area contributed by atoms with Gasteiger partial charge in [-0.2, -0.15) is 0 Å². The number of hydrogen-bond donors (Lipinski definition) is 3. The maximum Gasteiger partial charge on any atom is 0.247 e. The molecular weight excluding hydrogens is 430 g/mol. The summed E-state index contributed by atoms with van der Waals surface area (Å²) in [6.45, 7) is 2.49. The number of para-hydroxylation sites is 1. The Balaban J connectivity index is 1.93. The van der Waals surface area contributed by atoms with Gasteiger partial charge in [0, 0.05) is 26.1 Å². The zero-order valence-electron chi connectivity index (χ0n) is 18.6. The monoisotopic (exact) mass is 461 g/mol. The van der Waals surface area contributed by atoms with Crippen molar-refractivity contribution in [3.8, 4) is 0 Å². The first-order valence-corrected chi connectivity index (χ1v) is 11.7. The van der Waals surface area contributed by atoms with E-state index in [9.17, 15) is 14.4 Å². The standard InChI is InChI=1S/C24H32ClN3O4/c1-3-15-11-12-16-20(19(15)22(30)26-2)24(32)28(13-7-4-8-14-29)21(16)23(31)27-18-10-6-5-9-17(18)25/h5-6,9-12,15-16,19-21,29H,3-4,7-8,13-14H2,1-2H3,(H,26,30)(H,27,31)/t15-,16+,19-,20+,21+/m1/s1. The van der Waals surface area contributed by atoms with Crippen LogP contribution in [0.5, 0.6) is 0 Å². The highest BCUT2D eigenvalue weighted by molar-refractivity contribution is 6.33. The molecule has 174 valence electrons. The fraction of sp³-hybridized carbons (Fsp3) is 0.542. The number of amides is 3. The molecule has 0 unspecified atom stereocenters. The van der Waals surface area contributed by atoms with E-state index in [1.807, 2.05) is 19.1 Å². The number of unbranched alkanes of at least 4 members (excludes halogenated alkanes) is 2. The molecule has 1 fully saturated rings. The van der Waals surface area contributed by atoms with Crippen molar-refractivity contribution in [1.29, 1.82) is 0 Å². The molecule has 7 nitrogen and oxygen atoms in total. The smallest absolute Gasteiger partial charge is 0.247 e. The van der Waals surface area contributed by atoms with Crippen molar-refractivity contribution < 1.29 is 19.5 Å². The number of nitrogens with zero attached hydrogens (tertiary/aromatic N) is 1. The molecule has 32 heavy (non-hydrogen) atoms. The van der Waals surface area contributed by atoms with Gasteiger partial charge in [-0.05, 0) is 43.7 Å². The Labute approximate surface area is 194 Å². The quantitative estimate of drug-likeness (QED) is 0.389. The van der Waals surface area contributed by atoms with Gasteiger partial charge in [-0.25, -0.2) is 0 Å². The molecule has 0 saturated carbocycles. The normalized spacial score (nSPS) is 26.7. The summed E-state index contributed by atoms with van der Waals surface area (Å²) in [6.07, 6.45) is 6.73. The lowest BCUT2D eigenvalue weighted by Crippen LogP contribution is -2.45. The first-order chi connectivity index (χ1) is 15.4. The second-order valence-corrected chi connectivity index (χ2v) is 8.84. The molecule has 1 heterocycles. The molecule has 1 aromatic carbocycles. The zero-order chi connectivity index (χ0) is 23.3. The fourth-order valence-electron chi connectivity index (χ4n) is 4.99. The van der Waals surface area contributed by atoms with Crippen molar-refractivity contribution in [2.75, 3.05) is 25.5 Å². The Morgan fingerprint density at radius 2 is 1.88 bits per heavy atom. The molecule has 8 heteroatoms. The van der Waals surface area contributed by atoms with Gasteiger partial charge in [-0.1, -0.05) is 42.8 Å². The van der Waals surface area contributed by atoms with Crippen LogP contribution in [0, 0.1) is 23.7 Å². The number of carbonyl (C=O) groups excluding carboxylic acids is 3. The number of hydrogen-bond acceptors (Lipinski definition) is 4. The number of fused-ring (bicyclic) bond motifs is 1. The molecular formula is C24H32ClN3O4. The zero-order valence-corrected chi connectivity index (χ0v) is 19.3. The van der Waals surface area contributed by atoms with Crippen LogP contribution in [0.3, 0.4) is 0 Å². The summed E-state index contributed by atoms with van der Waals surface area (Å²) in [6, 6.07) is 6.25. The first kappa shape index (κ1) is 24.3. The van der Waals surface area contributed by atoms with E-state index < -0.39 is 23.8 Å². The van der Waals surface area contributed by atoms with Gasteiger partial charge in [0.1, 0.15) is 6.04 Å². The van der Waals surface area contributed by atoms with Crippen LogP contribution in [0.15, 0.2) is 36.4 Å². The minimum Gasteiger partial charge on any atom is -0.396 e. The molecule has 3 rings (SSSR count). The number of aliphatic hydroxyl groups excluding tert-OH is 1. The van der Waals surface area contributed by atoms with Crippen molar-refractivity contribution in [2.24, 2.45) is 23.7 Å². The Bertz CT molecular complexity index is 875. The summed E-state index contributed by atoms with van der Waals surface area (Å²) in [5.41, 5.74) is 0.490. The highest BCUT2D eigenvalue weighted by Gasteiger charge is 2.56. The Hall–Kier alpha value is -2.38. The van der Waals surface area contributed by atoms with Crippen molar-refractivity contribution in [1.82, 2.24) is 10.2 Å².